The Balaban J connectivity index is 1.90. The van der Waals surface area contributed by atoms with E-state index in [0.717, 1.165) is 11.1 Å². The zero-order valence-electron chi connectivity index (χ0n) is 14.8. The van der Waals surface area contributed by atoms with E-state index in [1.807, 2.05) is 18.2 Å². The number of aliphatic carboxylic acids is 1. The van der Waals surface area contributed by atoms with Gasteiger partial charge in [0.1, 0.15) is 5.75 Å². The summed E-state index contributed by atoms with van der Waals surface area (Å²) in [5, 5.41) is 9.80. The number of benzene rings is 2. The second kappa shape index (κ2) is 7.25. The number of nitrogen functional groups attached to an aromatic ring is 1. The number of carboxylic acids is 1. The van der Waals surface area contributed by atoms with Crippen LogP contribution in [0, 0.1) is 0 Å². The summed E-state index contributed by atoms with van der Waals surface area (Å²) in [6.45, 7) is 2.99. The highest BCUT2D eigenvalue weighted by molar-refractivity contribution is 6.30. The van der Waals surface area contributed by atoms with Gasteiger partial charge in [-0.25, -0.2) is 14.8 Å². The molecule has 1 heterocycles. The lowest BCUT2D eigenvalue weighted by molar-refractivity contribution is -0.152. The molecule has 27 heavy (non-hydrogen) atoms. The highest BCUT2D eigenvalue weighted by Gasteiger charge is 2.29. The summed E-state index contributed by atoms with van der Waals surface area (Å²) >= 11 is 5.93. The predicted octanol–water partition coefficient (Wildman–Crippen LogP) is 4.29. The monoisotopic (exact) mass is 383 g/mol. The summed E-state index contributed by atoms with van der Waals surface area (Å²) in [6, 6.07) is 16.1. The van der Waals surface area contributed by atoms with E-state index in [1.165, 1.54) is 13.8 Å². The van der Waals surface area contributed by atoms with Crippen LogP contribution in [0.4, 0.5) is 5.95 Å². The first-order chi connectivity index (χ1) is 12.7. The van der Waals surface area contributed by atoms with Crippen LogP contribution < -0.4 is 10.5 Å². The van der Waals surface area contributed by atoms with Crippen LogP contribution in [-0.2, 0) is 4.79 Å². The summed E-state index contributed by atoms with van der Waals surface area (Å²) in [7, 11) is 0. The third-order valence-corrected chi connectivity index (χ3v) is 4.17. The van der Waals surface area contributed by atoms with Gasteiger partial charge in [-0.05, 0) is 56.3 Å². The number of ether oxygens (including phenoxy) is 1. The fraction of sp³-hybridized carbons (Fsp3) is 0.150. The average molecular weight is 384 g/mol. The van der Waals surface area contributed by atoms with Gasteiger partial charge < -0.3 is 15.6 Å². The van der Waals surface area contributed by atoms with Crippen molar-refractivity contribution in [2.24, 2.45) is 0 Å². The molecule has 138 valence electrons. The molecule has 3 rings (SSSR count). The van der Waals surface area contributed by atoms with Gasteiger partial charge in [0.25, 0.3) is 0 Å². The fourth-order valence-corrected chi connectivity index (χ4v) is 2.54. The summed E-state index contributed by atoms with van der Waals surface area (Å²) in [5.74, 6) is -0.432. The molecule has 6 nitrogen and oxygen atoms in total. The highest BCUT2D eigenvalue weighted by atomic mass is 35.5. The summed E-state index contributed by atoms with van der Waals surface area (Å²) < 4.78 is 5.51. The summed E-state index contributed by atoms with van der Waals surface area (Å²) in [4.78, 5) is 19.7. The molecule has 3 aromatic rings. The normalized spacial score (nSPS) is 11.2. The molecule has 7 heteroatoms. The molecular weight excluding hydrogens is 366 g/mol. The number of carboxylic acid groups (broad SMARTS) is 1. The van der Waals surface area contributed by atoms with Gasteiger partial charge in [0.05, 0.1) is 11.4 Å². The molecule has 0 amide bonds. The lowest BCUT2D eigenvalue weighted by Gasteiger charge is -2.21. The predicted molar refractivity (Wildman–Crippen MR) is 105 cm³/mol. The van der Waals surface area contributed by atoms with E-state index >= 15 is 0 Å². The standard InChI is InChI=1S/C20H18ClN3O3/c1-20(2,18(25)26)27-15-9-5-13(6-10-15)17-11-16(23-19(22)24-17)12-3-7-14(21)8-4-12/h3-11H,1-2H3,(H,25,26)(H2,22,23,24). The second-order valence-corrected chi connectivity index (χ2v) is 6.88. The van der Waals surface area contributed by atoms with Gasteiger partial charge in [0.15, 0.2) is 5.60 Å². The third kappa shape index (κ3) is 4.35. The molecule has 0 unspecified atom stereocenters. The number of halogens is 1. The van der Waals surface area contributed by atoms with Crippen molar-refractivity contribution >= 4 is 23.5 Å². The molecule has 0 bridgehead atoms. The molecule has 0 aliphatic heterocycles. The molecule has 0 saturated carbocycles. The number of rotatable bonds is 5. The van der Waals surface area contributed by atoms with Gasteiger partial charge in [-0.2, -0.15) is 0 Å². The van der Waals surface area contributed by atoms with Crippen molar-refractivity contribution in [1.29, 1.82) is 0 Å². The molecule has 2 aromatic carbocycles. The van der Waals surface area contributed by atoms with Gasteiger partial charge in [-0.3, -0.25) is 0 Å². The number of aromatic nitrogens is 2. The SMILES string of the molecule is CC(C)(Oc1ccc(-c2cc(-c3ccc(Cl)cc3)nc(N)n2)cc1)C(=O)O. The topological polar surface area (TPSA) is 98.3 Å². The minimum atomic E-state index is -1.32. The van der Waals surface area contributed by atoms with Crippen molar-refractivity contribution in [2.75, 3.05) is 5.73 Å². The Morgan fingerprint density at radius 3 is 1.96 bits per heavy atom. The van der Waals surface area contributed by atoms with Crippen LogP contribution in [0.5, 0.6) is 5.75 Å². The fourth-order valence-electron chi connectivity index (χ4n) is 2.41. The van der Waals surface area contributed by atoms with E-state index in [1.54, 1.807) is 36.4 Å². The zero-order chi connectivity index (χ0) is 19.6. The number of nitrogens with zero attached hydrogens (tertiary/aromatic N) is 2. The summed E-state index contributed by atoms with van der Waals surface area (Å²) in [6.07, 6.45) is 0. The first-order valence-electron chi connectivity index (χ1n) is 8.18. The van der Waals surface area contributed by atoms with Crippen molar-refractivity contribution in [1.82, 2.24) is 9.97 Å². The van der Waals surface area contributed by atoms with Crippen molar-refractivity contribution in [3.63, 3.8) is 0 Å². The van der Waals surface area contributed by atoms with Crippen LogP contribution in [0.2, 0.25) is 5.02 Å². The lowest BCUT2D eigenvalue weighted by atomic mass is 10.1. The van der Waals surface area contributed by atoms with Gasteiger partial charge >= 0.3 is 5.97 Å². The second-order valence-electron chi connectivity index (χ2n) is 6.45. The first-order valence-corrected chi connectivity index (χ1v) is 8.56. The van der Waals surface area contributed by atoms with E-state index in [9.17, 15) is 4.79 Å². The minimum absolute atomic E-state index is 0.157. The van der Waals surface area contributed by atoms with E-state index in [2.05, 4.69) is 9.97 Å². The van der Waals surface area contributed by atoms with Crippen molar-refractivity contribution in [3.05, 3.63) is 59.6 Å². The maximum absolute atomic E-state index is 11.2. The van der Waals surface area contributed by atoms with Gasteiger partial charge in [-0.1, -0.05) is 23.7 Å². The highest BCUT2D eigenvalue weighted by Crippen LogP contribution is 2.27. The van der Waals surface area contributed by atoms with E-state index < -0.39 is 11.6 Å². The van der Waals surface area contributed by atoms with Crippen molar-refractivity contribution in [2.45, 2.75) is 19.4 Å². The maximum atomic E-state index is 11.2. The van der Waals surface area contributed by atoms with Crippen LogP contribution in [-0.4, -0.2) is 26.6 Å². The third-order valence-electron chi connectivity index (χ3n) is 3.92. The van der Waals surface area contributed by atoms with Gasteiger partial charge in [-0.15, -0.1) is 0 Å². The Hall–Kier alpha value is -3.12. The molecule has 0 spiro atoms. The smallest absolute Gasteiger partial charge is 0.347 e. The molecule has 0 aliphatic rings. The van der Waals surface area contributed by atoms with Crippen LogP contribution in [0.1, 0.15) is 13.8 Å². The number of carbonyl (C=O) groups is 1. The Morgan fingerprint density at radius 1 is 1.00 bits per heavy atom. The van der Waals surface area contributed by atoms with E-state index in [-0.39, 0.29) is 5.95 Å². The number of hydrogen-bond donors (Lipinski definition) is 2. The van der Waals surface area contributed by atoms with Crippen LogP contribution >= 0.6 is 11.6 Å². The number of anilines is 1. The molecule has 3 N–H and O–H groups in total. The van der Waals surface area contributed by atoms with Crippen LogP contribution in [0.25, 0.3) is 22.5 Å². The Kier molecular flexibility index (Phi) is 5.01. The number of hydrogen-bond acceptors (Lipinski definition) is 5. The molecule has 0 radical (unpaired) electrons. The van der Waals surface area contributed by atoms with Crippen LogP contribution in [0.3, 0.4) is 0 Å². The van der Waals surface area contributed by atoms with Gasteiger partial charge in [0.2, 0.25) is 5.95 Å². The first kappa shape index (κ1) is 18.7. The van der Waals surface area contributed by atoms with Crippen LogP contribution in [0.15, 0.2) is 54.6 Å². The molecular formula is C20H18ClN3O3. The van der Waals surface area contributed by atoms with E-state index in [0.29, 0.717) is 22.2 Å². The molecule has 0 aliphatic carbocycles. The zero-order valence-corrected chi connectivity index (χ0v) is 15.6. The lowest BCUT2D eigenvalue weighted by Crippen LogP contribution is -2.37. The molecule has 1 aromatic heterocycles. The Labute approximate surface area is 161 Å². The van der Waals surface area contributed by atoms with Crippen molar-refractivity contribution < 1.29 is 14.6 Å². The Morgan fingerprint density at radius 2 is 1.48 bits per heavy atom. The van der Waals surface area contributed by atoms with Crippen molar-refractivity contribution in [3.8, 4) is 28.3 Å². The van der Waals surface area contributed by atoms with E-state index in [4.69, 9.17) is 27.2 Å². The quantitative estimate of drug-likeness (QED) is 0.682. The minimum Gasteiger partial charge on any atom is -0.478 e. The molecule has 0 atom stereocenters. The molecule has 0 fully saturated rings. The maximum Gasteiger partial charge on any atom is 0.347 e. The largest absolute Gasteiger partial charge is 0.478 e. The summed E-state index contributed by atoms with van der Waals surface area (Å²) in [5.41, 5.74) is 7.57. The Bertz CT molecular complexity index is 971. The number of nitrogens with two attached hydrogens (primary N) is 1. The van der Waals surface area contributed by atoms with Gasteiger partial charge in [0, 0.05) is 16.1 Å². The average Bonchev–Trinajstić information content (AvgIpc) is 2.62. The molecule has 0 saturated heterocycles.